The molecule has 0 atom stereocenters. The molecule has 0 aliphatic carbocycles. The molecule has 0 unspecified atom stereocenters. The van der Waals surface area contributed by atoms with Gasteiger partial charge in [-0.3, -0.25) is 14.4 Å². The molecule has 0 fully saturated rings. The highest BCUT2D eigenvalue weighted by Crippen LogP contribution is 2.26. The van der Waals surface area contributed by atoms with E-state index in [4.69, 9.17) is 0 Å². The maximum absolute atomic E-state index is 12.8. The van der Waals surface area contributed by atoms with Crippen molar-refractivity contribution in [3.8, 4) is 11.3 Å². The minimum absolute atomic E-state index is 0.0709. The van der Waals surface area contributed by atoms with Gasteiger partial charge in [-0.1, -0.05) is 45.8 Å². The number of nitrogens with zero attached hydrogens (tertiary/aromatic N) is 2. The summed E-state index contributed by atoms with van der Waals surface area (Å²) >= 11 is 3.47. The fourth-order valence-corrected chi connectivity index (χ4v) is 3.47. The Kier molecular flexibility index (Phi) is 6.70. The van der Waals surface area contributed by atoms with Crippen molar-refractivity contribution in [2.45, 2.75) is 34.2 Å². The van der Waals surface area contributed by atoms with Gasteiger partial charge in [-0.15, -0.1) is 0 Å². The van der Waals surface area contributed by atoms with Gasteiger partial charge in [0.1, 0.15) is 12.2 Å². The number of carbonyl (C=O) groups excluding carboxylic acids is 2. The van der Waals surface area contributed by atoms with Crippen LogP contribution in [0.4, 0.5) is 11.4 Å². The number of carbonyl (C=O) groups is 2. The molecule has 0 spiro atoms. The summed E-state index contributed by atoms with van der Waals surface area (Å²) in [6.45, 7) is 6.86. The molecule has 1 aromatic heterocycles. The maximum atomic E-state index is 12.8. The molecule has 3 rings (SSSR count). The molecule has 31 heavy (non-hydrogen) atoms. The van der Waals surface area contributed by atoms with E-state index in [1.165, 1.54) is 13.0 Å². The summed E-state index contributed by atoms with van der Waals surface area (Å²) in [4.78, 5) is 37.1. The molecule has 160 valence electrons. The Bertz CT molecular complexity index is 1220. The number of anilines is 2. The van der Waals surface area contributed by atoms with Crippen LogP contribution in [0.15, 0.2) is 51.7 Å². The van der Waals surface area contributed by atoms with Gasteiger partial charge in [0, 0.05) is 22.6 Å². The second-order valence-electron chi connectivity index (χ2n) is 7.35. The Morgan fingerprint density at radius 2 is 1.65 bits per heavy atom. The molecular weight excluding hydrogens is 460 g/mol. The summed E-state index contributed by atoms with van der Waals surface area (Å²) < 4.78 is 2.02. The monoisotopic (exact) mass is 482 g/mol. The van der Waals surface area contributed by atoms with E-state index in [9.17, 15) is 14.4 Å². The summed E-state index contributed by atoms with van der Waals surface area (Å²) in [5.41, 5.74) is 4.45. The molecule has 8 heteroatoms. The lowest BCUT2D eigenvalue weighted by Crippen LogP contribution is -2.32. The number of benzene rings is 2. The summed E-state index contributed by atoms with van der Waals surface area (Å²) in [6.07, 6.45) is 0. The largest absolute Gasteiger partial charge is 0.324 e. The van der Waals surface area contributed by atoms with Gasteiger partial charge in [-0.25, -0.2) is 4.68 Å². The first-order valence-electron chi connectivity index (χ1n) is 9.68. The topological polar surface area (TPSA) is 93.1 Å². The average molecular weight is 483 g/mol. The molecule has 0 saturated heterocycles. The zero-order chi connectivity index (χ0) is 22.7. The highest BCUT2D eigenvalue weighted by Gasteiger charge is 2.15. The average Bonchev–Trinajstić information content (AvgIpc) is 2.71. The third-order valence-corrected chi connectivity index (χ3v) is 5.78. The first-order valence-corrected chi connectivity index (χ1v) is 10.5. The van der Waals surface area contributed by atoms with Crippen molar-refractivity contribution in [2.24, 2.45) is 0 Å². The van der Waals surface area contributed by atoms with Crippen LogP contribution < -0.4 is 16.2 Å². The number of aromatic nitrogens is 2. The molecular formula is C23H23BrN4O3. The number of hydrogen-bond donors (Lipinski definition) is 2. The molecule has 3 aromatic rings. The summed E-state index contributed by atoms with van der Waals surface area (Å²) in [7, 11) is 0. The second-order valence-corrected chi connectivity index (χ2v) is 8.20. The van der Waals surface area contributed by atoms with Crippen molar-refractivity contribution >= 4 is 39.1 Å². The van der Waals surface area contributed by atoms with Gasteiger partial charge in [0.05, 0.1) is 5.69 Å². The quantitative estimate of drug-likeness (QED) is 0.569. The zero-order valence-corrected chi connectivity index (χ0v) is 19.3. The van der Waals surface area contributed by atoms with Gasteiger partial charge in [-0.2, -0.15) is 5.10 Å². The van der Waals surface area contributed by atoms with Gasteiger partial charge in [0.15, 0.2) is 0 Å². The Labute approximate surface area is 188 Å². The van der Waals surface area contributed by atoms with Crippen molar-refractivity contribution in [2.75, 3.05) is 10.6 Å². The molecule has 7 nitrogen and oxygen atoms in total. The maximum Gasteiger partial charge on any atom is 0.291 e. The van der Waals surface area contributed by atoms with E-state index in [2.05, 4.69) is 31.7 Å². The van der Waals surface area contributed by atoms with E-state index in [1.54, 1.807) is 6.07 Å². The van der Waals surface area contributed by atoms with Crippen LogP contribution in [0.5, 0.6) is 0 Å². The molecule has 2 N–H and O–H groups in total. The first-order chi connectivity index (χ1) is 14.7. The first kappa shape index (κ1) is 22.4. The smallest absolute Gasteiger partial charge is 0.291 e. The predicted molar refractivity (Wildman–Crippen MR) is 125 cm³/mol. The van der Waals surface area contributed by atoms with Crippen molar-refractivity contribution in [1.82, 2.24) is 9.78 Å². The van der Waals surface area contributed by atoms with E-state index in [-0.39, 0.29) is 18.1 Å². The molecule has 2 aromatic carbocycles. The summed E-state index contributed by atoms with van der Waals surface area (Å²) in [5, 5.41) is 9.73. The van der Waals surface area contributed by atoms with Crippen molar-refractivity contribution in [3.63, 3.8) is 0 Å². The van der Waals surface area contributed by atoms with Crippen LogP contribution in [-0.2, 0) is 16.1 Å². The fourth-order valence-electron chi connectivity index (χ4n) is 3.04. The van der Waals surface area contributed by atoms with E-state index >= 15 is 0 Å². The van der Waals surface area contributed by atoms with Gasteiger partial charge in [0.2, 0.25) is 11.8 Å². The van der Waals surface area contributed by atoms with Crippen molar-refractivity contribution < 1.29 is 9.59 Å². The predicted octanol–water partition coefficient (Wildman–Crippen LogP) is 4.20. The SMILES string of the molecule is CC(=O)Nc1cc(-c2ccc(C)cc2)nn(CC(=O)Nc2ccc(Br)c(C)c2C)c1=O. The van der Waals surface area contributed by atoms with Crippen LogP contribution in [-0.4, -0.2) is 21.6 Å². The van der Waals surface area contributed by atoms with E-state index in [0.29, 0.717) is 11.4 Å². The zero-order valence-electron chi connectivity index (χ0n) is 17.7. The number of amides is 2. The number of aryl methyl sites for hydroxylation is 1. The van der Waals surface area contributed by atoms with Crippen LogP contribution in [0, 0.1) is 20.8 Å². The standard InChI is InChI=1S/C23H23BrN4O3/c1-13-5-7-17(8-6-13)20-11-21(25-16(4)29)23(31)28(27-20)12-22(30)26-19-10-9-18(24)14(2)15(19)3/h5-11H,12H2,1-4H3,(H,25,29)(H,26,30). The van der Waals surface area contributed by atoms with E-state index in [1.807, 2.05) is 51.1 Å². The van der Waals surface area contributed by atoms with Crippen molar-refractivity contribution in [3.05, 3.63) is 74.0 Å². The molecule has 0 aliphatic rings. The van der Waals surface area contributed by atoms with E-state index < -0.39 is 11.5 Å². The number of halogens is 1. The molecule has 0 aliphatic heterocycles. The minimum atomic E-state index is -0.551. The number of rotatable bonds is 5. The molecule has 2 amide bonds. The third-order valence-electron chi connectivity index (χ3n) is 4.92. The normalized spacial score (nSPS) is 10.6. The van der Waals surface area contributed by atoms with Crippen LogP contribution >= 0.6 is 15.9 Å². The van der Waals surface area contributed by atoms with E-state index in [0.717, 1.165) is 31.4 Å². The van der Waals surface area contributed by atoms with Gasteiger partial charge in [-0.05, 0) is 50.1 Å². The second kappa shape index (κ2) is 9.26. The van der Waals surface area contributed by atoms with Crippen molar-refractivity contribution in [1.29, 1.82) is 0 Å². The molecule has 0 saturated carbocycles. The minimum Gasteiger partial charge on any atom is -0.324 e. The third kappa shape index (κ3) is 5.27. The van der Waals surface area contributed by atoms with Gasteiger partial charge >= 0.3 is 0 Å². The lowest BCUT2D eigenvalue weighted by Gasteiger charge is -2.14. The van der Waals surface area contributed by atoms with Crippen LogP contribution in [0.2, 0.25) is 0 Å². The van der Waals surface area contributed by atoms with Gasteiger partial charge in [0.25, 0.3) is 5.56 Å². The lowest BCUT2D eigenvalue weighted by molar-refractivity contribution is -0.117. The Morgan fingerprint density at radius 1 is 0.968 bits per heavy atom. The van der Waals surface area contributed by atoms with Crippen LogP contribution in [0.25, 0.3) is 11.3 Å². The Hall–Kier alpha value is -3.26. The van der Waals surface area contributed by atoms with Gasteiger partial charge < -0.3 is 10.6 Å². The van der Waals surface area contributed by atoms with Crippen LogP contribution in [0.1, 0.15) is 23.6 Å². The fraction of sp³-hybridized carbons (Fsp3) is 0.217. The Balaban J connectivity index is 1.95. The van der Waals surface area contributed by atoms with Crippen LogP contribution in [0.3, 0.4) is 0 Å². The highest BCUT2D eigenvalue weighted by molar-refractivity contribution is 9.10. The summed E-state index contributed by atoms with van der Waals surface area (Å²) in [6, 6.07) is 12.8. The Morgan fingerprint density at radius 3 is 2.29 bits per heavy atom. The molecule has 0 radical (unpaired) electrons. The number of nitrogens with one attached hydrogen (secondary N) is 2. The number of hydrogen-bond acceptors (Lipinski definition) is 4. The summed E-state index contributed by atoms with van der Waals surface area (Å²) in [5.74, 6) is -0.774. The highest BCUT2D eigenvalue weighted by atomic mass is 79.9. The molecule has 0 bridgehead atoms. The molecule has 1 heterocycles. The lowest BCUT2D eigenvalue weighted by atomic mass is 10.1.